The molecule has 0 amide bonds. The van der Waals surface area contributed by atoms with Gasteiger partial charge in [0.05, 0.1) is 12.7 Å². The Morgan fingerprint density at radius 3 is 2.72 bits per heavy atom. The fraction of sp³-hybridized carbons (Fsp3) is 0.941. The van der Waals surface area contributed by atoms with Crippen molar-refractivity contribution in [2.45, 2.75) is 75.7 Å². The summed E-state index contributed by atoms with van der Waals surface area (Å²) in [5.41, 5.74) is -4.86. The highest BCUT2D eigenvalue weighted by atomic mass is 16.8. The van der Waals surface area contributed by atoms with Crippen LogP contribution in [0, 0.1) is 16.7 Å². The lowest BCUT2D eigenvalue weighted by atomic mass is 9.54. The van der Waals surface area contributed by atoms with Gasteiger partial charge in [0.1, 0.15) is 5.60 Å². The Labute approximate surface area is 145 Å². The zero-order chi connectivity index (χ0) is 17.8. The molecule has 0 aromatic heterocycles. The number of esters is 1. The number of cyclic esters (lactones) is 1. The fourth-order valence-corrected chi connectivity index (χ4v) is 6.49. The number of fused-ring (bicyclic) bond motifs is 1. The van der Waals surface area contributed by atoms with Gasteiger partial charge in [0.25, 0.3) is 0 Å². The SMILES string of the molecule is C[C@@H]1C(O)OC2CC3(C)C45CCCOC(=O)C3(OC4O[C@H](O)C5)[C@]21O. The number of hydrogen-bond donors (Lipinski definition) is 3. The van der Waals surface area contributed by atoms with Gasteiger partial charge in [-0.1, -0.05) is 13.8 Å². The molecule has 0 aromatic rings. The Morgan fingerprint density at radius 2 is 1.96 bits per heavy atom. The van der Waals surface area contributed by atoms with E-state index in [9.17, 15) is 20.1 Å². The van der Waals surface area contributed by atoms with Gasteiger partial charge >= 0.3 is 5.97 Å². The molecule has 140 valence electrons. The van der Waals surface area contributed by atoms with Crippen molar-refractivity contribution in [1.82, 2.24) is 0 Å². The minimum Gasteiger partial charge on any atom is -0.463 e. The van der Waals surface area contributed by atoms with Crippen LogP contribution in [0.2, 0.25) is 0 Å². The Balaban J connectivity index is 1.76. The molecule has 4 aliphatic heterocycles. The van der Waals surface area contributed by atoms with Crippen LogP contribution in [0.15, 0.2) is 0 Å². The molecule has 8 nitrogen and oxygen atoms in total. The molecule has 25 heavy (non-hydrogen) atoms. The molecule has 0 aromatic carbocycles. The smallest absolute Gasteiger partial charge is 0.342 e. The summed E-state index contributed by atoms with van der Waals surface area (Å²) in [7, 11) is 0. The Hall–Kier alpha value is -0.770. The van der Waals surface area contributed by atoms with Gasteiger partial charge in [0.2, 0.25) is 5.60 Å². The van der Waals surface area contributed by atoms with E-state index in [-0.39, 0.29) is 6.61 Å². The Kier molecular flexibility index (Phi) is 2.99. The summed E-state index contributed by atoms with van der Waals surface area (Å²) in [4.78, 5) is 13.2. The molecule has 5 rings (SSSR count). The summed E-state index contributed by atoms with van der Waals surface area (Å²) in [5, 5.41) is 32.0. The number of carbonyl (C=O) groups is 1. The summed E-state index contributed by atoms with van der Waals surface area (Å²) < 4.78 is 22.9. The molecule has 4 saturated heterocycles. The van der Waals surface area contributed by atoms with Crippen LogP contribution >= 0.6 is 0 Å². The second-order valence-electron chi connectivity index (χ2n) is 8.49. The minimum absolute atomic E-state index is 0.225. The maximum Gasteiger partial charge on any atom is 0.342 e. The molecular weight excluding hydrogens is 332 g/mol. The van der Waals surface area contributed by atoms with Crippen LogP contribution in [0.3, 0.4) is 0 Å². The van der Waals surface area contributed by atoms with Crippen LogP contribution in [0.25, 0.3) is 0 Å². The van der Waals surface area contributed by atoms with Crippen molar-refractivity contribution < 1.29 is 39.1 Å². The second kappa shape index (κ2) is 4.55. The predicted octanol–water partition coefficient (Wildman–Crippen LogP) is -0.362. The molecule has 1 aliphatic carbocycles. The molecule has 5 fully saturated rings. The molecule has 6 unspecified atom stereocenters. The monoisotopic (exact) mass is 356 g/mol. The maximum atomic E-state index is 13.2. The molecule has 5 aliphatic rings. The van der Waals surface area contributed by atoms with Crippen LogP contribution in [0.5, 0.6) is 0 Å². The van der Waals surface area contributed by atoms with E-state index in [1.54, 1.807) is 6.92 Å². The van der Waals surface area contributed by atoms with E-state index < -0.39 is 58.9 Å². The van der Waals surface area contributed by atoms with Crippen molar-refractivity contribution in [2.24, 2.45) is 16.7 Å². The second-order valence-corrected chi connectivity index (χ2v) is 8.49. The molecule has 9 atom stereocenters. The highest BCUT2D eigenvalue weighted by Crippen LogP contribution is 2.76. The summed E-state index contributed by atoms with van der Waals surface area (Å²) in [6.07, 6.45) is -1.74. The summed E-state index contributed by atoms with van der Waals surface area (Å²) >= 11 is 0. The van der Waals surface area contributed by atoms with Crippen LogP contribution in [0.1, 0.15) is 39.5 Å². The van der Waals surface area contributed by atoms with Gasteiger partial charge in [-0.25, -0.2) is 4.79 Å². The lowest BCUT2D eigenvalue weighted by Crippen LogP contribution is -2.68. The Bertz CT molecular complexity index is 640. The van der Waals surface area contributed by atoms with E-state index in [1.807, 2.05) is 6.92 Å². The summed E-state index contributed by atoms with van der Waals surface area (Å²) in [6.45, 7) is 3.78. The number of aliphatic hydroxyl groups excluding tert-OH is 2. The van der Waals surface area contributed by atoms with Gasteiger partial charge in [0.15, 0.2) is 18.9 Å². The average Bonchev–Trinajstić information content (AvgIpc) is 3.12. The average molecular weight is 356 g/mol. The van der Waals surface area contributed by atoms with Crippen LogP contribution < -0.4 is 0 Å². The highest BCUT2D eigenvalue weighted by molar-refractivity contribution is 5.85. The highest BCUT2D eigenvalue weighted by Gasteiger charge is 2.90. The molecular formula is C17H24O8. The third-order valence-electron chi connectivity index (χ3n) is 7.79. The first-order valence-electron chi connectivity index (χ1n) is 8.97. The van der Waals surface area contributed by atoms with Gasteiger partial charge < -0.3 is 34.3 Å². The van der Waals surface area contributed by atoms with Gasteiger partial charge in [-0.15, -0.1) is 0 Å². The molecule has 2 bridgehead atoms. The van der Waals surface area contributed by atoms with Crippen molar-refractivity contribution in [3.05, 3.63) is 0 Å². The normalized spacial score (nSPS) is 62.8. The fourth-order valence-electron chi connectivity index (χ4n) is 6.49. The van der Waals surface area contributed by atoms with Crippen LogP contribution in [-0.2, 0) is 23.7 Å². The van der Waals surface area contributed by atoms with Crippen molar-refractivity contribution in [3.8, 4) is 0 Å². The van der Waals surface area contributed by atoms with E-state index in [4.69, 9.17) is 18.9 Å². The largest absolute Gasteiger partial charge is 0.463 e. The molecule has 8 heteroatoms. The molecule has 3 N–H and O–H groups in total. The zero-order valence-corrected chi connectivity index (χ0v) is 14.3. The zero-order valence-electron chi connectivity index (χ0n) is 14.3. The van der Waals surface area contributed by atoms with E-state index in [0.717, 1.165) is 0 Å². The number of aliphatic hydroxyl groups is 3. The number of hydrogen-bond acceptors (Lipinski definition) is 8. The lowest BCUT2D eigenvalue weighted by molar-refractivity contribution is -0.268. The number of ether oxygens (including phenoxy) is 4. The van der Waals surface area contributed by atoms with Gasteiger partial charge in [-0.2, -0.15) is 0 Å². The predicted molar refractivity (Wildman–Crippen MR) is 79.7 cm³/mol. The van der Waals surface area contributed by atoms with Crippen molar-refractivity contribution in [1.29, 1.82) is 0 Å². The Morgan fingerprint density at radius 1 is 1.20 bits per heavy atom. The standard InChI is InChI=1S/C17H24O8/c1-8-11(19)23-9-6-14(2)15-4-3-5-22-12(20)17(14,16(8,9)21)25-13(15)24-10(18)7-15/h8-11,13,18-19,21H,3-7H2,1-2H3/t8-,9?,10+,11?,13?,14?,15?,16-,17?/m1/s1. The van der Waals surface area contributed by atoms with Crippen LogP contribution in [0.4, 0.5) is 0 Å². The molecule has 4 heterocycles. The number of carbonyl (C=O) groups excluding carboxylic acids is 1. The number of rotatable bonds is 0. The quantitative estimate of drug-likeness (QED) is 0.504. The third-order valence-corrected chi connectivity index (χ3v) is 7.79. The molecule has 1 spiro atoms. The van der Waals surface area contributed by atoms with Gasteiger partial charge in [-0.3, -0.25) is 0 Å². The lowest BCUT2D eigenvalue weighted by Gasteiger charge is -2.49. The first-order chi connectivity index (χ1) is 11.7. The maximum absolute atomic E-state index is 13.2. The minimum atomic E-state index is -1.72. The van der Waals surface area contributed by atoms with Gasteiger partial charge in [0, 0.05) is 23.2 Å². The first-order valence-corrected chi connectivity index (χ1v) is 8.97. The summed E-state index contributed by atoms with van der Waals surface area (Å²) in [5.74, 6) is -1.36. The molecule has 1 saturated carbocycles. The van der Waals surface area contributed by atoms with E-state index in [0.29, 0.717) is 25.7 Å². The van der Waals surface area contributed by atoms with E-state index >= 15 is 0 Å². The first kappa shape index (κ1) is 16.4. The molecule has 0 radical (unpaired) electrons. The third kappa shape index (κ3) is 1.44. The van der Waals surface area contributed by atoms with E-state index in [1.165, 1.54) is 0 Å². The van der Waals surface area contributed by atoms with Gasteiger partial charge in [-0.05, 0) is 19.3 Å². The summed E-state index contributed by atoms with van der Waals surface area (Å²) in [6, 6.07) is 0. The van der Waals surface area contributed by atoms with Crippen molar-refractivity contribution in [3.63, 3.8) is 0 Å². The topological polar surface area (TPSA) is 115 Å². The van der Waals surface area contributed by atoms with Crippen LogP contribution in [-0.4, -0.2) is 64.1 Å². The van der Waals surface area contributed by atoms with Crippen molar-refractivity contribution >= 4 is 5.97 Å². The van der Waals surface area contributed by atoms with E-state index in [2.05, 4.69) is 0 Å². The van der Waals surface area contributed by atoms with Crippen molar-refractivity contribution in [2.75, 3.05) is 6.61 Å².